The summed E-state index contributed by atoms with van der Waals surface area (Å²) in [4.78, 5) is 0. The fraction of sp³-hybridized carbons (Fsp3) is 1.00. The van der Waals surface area contributed by atoms with E-state index in [-0.39, 0.29) is 6.04 Å². The Morgan fingerprint density at radius 2 is 1.90 bits per heavy atom. The summed E-state index contributed by atoms with van der Waals surface area (Å²) in [5.74, 6) is 0. The second-order valence-electron chi connectivity index (χ2n) is 2.57. The van der Waals surface area contributed by atoms with Crippen molar-refractivity contribution in [1.29, 1.82) is 0 Å². The van der Waals surface area contributed by atoms with Gasteiger partial charge in [0.2, 0.25) is 0 Å². The molecule has 5 N–H and O–H groups in total. The lowest BCUT2D eigenvalue weighted by Gasteiger charge is -2.16. The maximum Gasteiger partial charge on any atom is 0.108 e. The van der Waals surface area contributed by atoms with Crippen molar-refractivity contribution in [2.75, 3.05) is 0 Å². The fourth-order valence-electron chi connectivity index (χ4n) is 0.699. The van der Waals surface area contributed by atoms with Gasteiger partial charge >= 0.3 is 0 Å². The van der Waals surface area contributed by atoms with Gasteiger partial charge in [0.05, 0.1) is 0 Å². The number of nitrogens with one attached hydrogen (secondary N) is 1. The van der Waals surface area contributed by atoms with Crippen LogP contribution in [-0.2, 0) is 0 Å². The van der Waals surface area contributed by atoms with Crippen LogP contribution in [0.15, 0.2) is 0 Å². The lowest BCUT2D eigenvalue weighted by molar-refractivity contribution is 0.0446. The summed E-state index contributed by atoms with van der Waals surface area (Å²) >= 11 is 0. The average Bonchev–Trinajstić information content (AvgIpc) is 1.58. The molecule has 0 aromatic carbocycles. The lowest BCUT2D eigenvalue weighted by atomic mass is 10.2. The zero-order chi connectivity index (χ0) is 8.15. The van der Waals surface area contributed by atoms with E-state index in [2.05, 4.69) is 5.32 Å². The molecule has 0 amide bonds. The minimum Gasteiger partial charge on any atom is -0.379 e. The number of rotatable bonds is 4. The van der Waals surface area contributed by atoms with Crippen LogP contribution in [0.2, 0.25) is 0 Å². The Labute approximate surface area is 61.0 Å². The van der Waals surface area contributed by atoms with E-state index in [9.17, 15) is 0 Å². The third-order valence-corrected chi connectivity index (χ3v) is 1.03. The highest BCUT2D eigenvalue weighted by molar-refractivity contribution is 4.60. The Bertz CT molecular complexity index is 75.8. The van der Waals surface area contributed by atoms with Gasteiger partial charge in [0, 0.05) is 12.5 Å². The highest BCUT2D eigenvalue weighted by Crippen LogP contribution is 1.91. The van der Waals surface area contributed by atoms with Crippen LogP contribution in [0.4, 0.5) is 0 Å². The molecule has 0 aliphatic carbocycles. The van der Waals surface area contributed by atoms with Crippen LogP contribution < -0.4 is 11.1 Å². The predicted octanol–water partition coefficient (Wildman–Crippen LogP) is -1.03. The molecule has 0 heterocycles. The molecule has 0 rings (SSSR count). The maximum atomic E-state index is 9.04. The van der Waals surface area contributed by atoms with E-state index in [0.29, 0.717) is 6.42 Å². The van der Waals surface area contributed by atoms with Crippen molar-refractivity contribution < 1.29 is 10.2 Å². The summed E-state index contributed by atoms with van der Waals surface area (Å²) < 4.78 is 0. The summed E-state index contributed by atoms with van der Waals surface area (Å²) in [6.45, 7) is 3.34. The first-order chi connectivity index (χ1) is 4.52. The second kappa shape index (κ2) is 4.62. The van der Waals surface area contributed by atoms with E-state index in [1.165, 1.54) is 0 Å². The van der Waals surface area contributed by atoms with E-state index in [1.807, 2.05) is 0 Å². The van der Waals surface area contributed by atoms with Crippen molar-refractivity contribution in [3.05, 3.63) is 0 Å². The van der Waals surface area contributed by atoms with Crippen LogP contribution in [0.25, 0.3) is 0 Å². The van der Waals surface area contributed by atoms with Crippen molar-refractivity contribution in [2.45, 2.75) is 38.8 Å². The maximum absolute atomic E-state index is 9.04. The molecule has 0 aliphatic rings. The van der Waals surface area contributed by atoms with E-state index in [1.54, 1.807) is 13.8 Å². The molecule has 3 atom stereocenters. The van der Waals surface area contributed by atoms with Gasteiger partial charge in [-0.2, -0.15) is 0 Å². The number of hydrogen-bond donors (Lipinski definition) is 4. The van der Waals surface area contributed by atoms with Gasteiger partial charge in [-0.25, -0.2) is 0 Å². The van der Waals surface area contributed by atoms with Crippen molar-refractivity contribution in [3.63, 3.8) is 0 Å². The molecular weight excluding hydrogens is 132 g/mol. The lowest BCUT2D eigenvalue weighted by Crippen LogP contribution is -2.39. The van der Waals surface area contributed by atoms with Gasteiger partial charge in [0.25, 0.3) is 0 Å². The number of nitrogens with two attached hydrogens (primary N) is 1. The van der Waals surface area contributed by atoms with Crippen LogP contribution in [0.1, 0.15) is 20.3 Å². The van der Waals surface area contributed by atoms with Crippen LogP contribution >= 0.6 is 0 Å². The quantitative estimate of drug-likeness (QED) is 0.384. The summed E-state index contributed by atoms with van der Waals surface area (Å²) in [7, 11) is 0. The zero-order valence-electron chi connectivity index (χ0n) is 6.41. The monoisotopic (exact) mass is 148 g/mol. The molecule has 0 bridgehead atoms. The first-order valence-corrected chi connectivity index (χ1v) is 3.40. The van der Waals surface area contributed by atoms with Crippen LogP contribution in [0.3, 0.4) is 0 Å². The molecule has 0 saturated heterocycles. The molecule has 0 radical (unpaired) electrons. The summed E-state index contributed by atoms with van der Waals surface area (Å²) in [5.41, 5.74) is 5.39. The smallest absolute Gasteiger partial charge is 0.108 e. The molecular formula is C6H16N2O2. The van der Waals surface area contributed by atoms with E-state index >= 15 is 0 Å². The van der Waals surface area contributed by atoms with Gasteiger partial charge in [0.1, 0.15) is 12.5 Å². The molecule has 4 heteroatoms. The van der Waals surface area contributed by atoms with Crippen molar-refractivity contribution >= 4 is 0 Å². The molecule has 0 aliphatic heterocycles. The van der Waals surface area contributed by atoms with Gasteiger partial charge in [-0.05, 0) is 13.8 Å². The summed E-state index contributed by atoms with van der Waals surface area (Å²) in [5, 5.41) is 20.3. The number of aliphatic hydroxyl groups excluding tert-OH is 2. The van der Waals surface area contributed by atoms with Crippen LogP contribution in [0, 0.1) is 0 Å². The molecule has 62 valence electrons. The average molecular weight is 148 g/mol. The third kappa shape index (κ3) is 5.97. The van der Waals surface area contributed by atoms with E-state index < -0.39 is 12.5 Å². The number of aliphatic hydroxyl groups is 2. The van der Waals surface area contributed by atoms with Crippen LogP contribution in [0.5, 0.6) is 0 Å². The minimum absolute atomic E-state index is 0.0544. The van der Waals surface area contributed by atoms with Crippen molar-refractivity contribution in [3.8, 4) is 0 Å². The Morgan fingerprint density at radius 1 is 1.40 bits per heavy atom. The second-order valence-corrected chi connectivity index (χ2v) is 2.57. The Morgan fingerprint density at radius 3 is 2.20 bits per heavy atom. The standard InChI is InChI=1S/C6H16N2O2/c1-4(7)3-6(10)8-5(2)9/h4-6,8-10H,3,7H2,1-2H3. The molecule has 4 nitrogen and oxygen atoms in total. The van der Waals surface area contributed by atoms with Gasteiger partial charge in [-0.3, -0.25) is 5.32 Å². The molecule has 0 spiro atoms. The Balaban J connectivity index is 3.34. The van der Waals surface area contributed by atoms with Gasteiger partial charge in [-0.1, -0.05) is 0 Å². The van der Waals surface area contributed by atoms with E-state index in [4.69, 9.17) is 15.9 Å². The summed E-state index contributed by atoms with van der Waals surface area (Å²) in [6, 6.07) is -0.0544. The zero-order valence-corrected chi connectivity index (χ0v) is 6.41. The third-order valence-electron chi connectivity index (χ3n) is 1.03. The minimum atomic E-state index is -0.708. The molecule has 10 heavy (non-hydrogen) atoms. The number of hydrogen-bond acceptors (Lipinski definition) is 4. The largest absolute Gasteiger partial charge is 0.379 e. The first kappa shape index (κ1) is 9.84. The molecule has 3 unspecified atom stereocenters. The SMILES string of the molecule is CC(N)CC(O)NC(C)O. The van der Waals surface area contributed by atoms with Crippen molar-refractivity contribution in [2.24, 2.45) is 5.73 Å². The summed E-state index contributed by atoms with van der Waals surface area (Å²) in [6.07, 6.45) is -0.945. The molecule has 0 saturated carbocycles. The normalized spacial score (nSPS) is 20.1. The fourth-order valence-corrected chi connectivity index (χ4v) is 0.699. The van der Waals surface area contributed by atoms with Gasteiger partial charge in [-0.15, -0.1) is 0 Å². The molecule has 0 aromatic rings. The molecule has 0 aromatic heterocycles. The Hall–Kier alpha value is -0.160. The Kier molecular flexibility index (Phi) is 4.55. The topological polar surface area (TPSA) is 78.5 Å². The van der Waals surface area contributed by atoms with Gasteiger partial charge in [0.15, 0.2) is 0 Å². The van der Waals surface area contributed by atoms with Gasteiger partial charge < -0.3 is 15.9 Å². The van der Waals surface area contributed by atoms with E-state index in [0.717, 1.165) is 0 Å². The first-order valence-electron chi connectivity index (χ1n) is 3.40. The predicted molar refractivity (Wildman–Crippen MR) is 39.1 cm³/mol. The highest BCUT2D eigenvalue weighted by Gasteiger charge is 2.07. The van der Waals surface area contributed by atoms with Crippen molar-refractivity contribution in [1.82, 2.24) is 5.32 Å². The van der Waals surface area contributed by atoms with Crippen LogP contribution in [-0.4, -0.2) is 28.7 Å². The molecule has 0 fully saturated rings. The highest BCUT2D eigenvalue weighted by atomic mass is 16.3.